The molecule has 0 spiro atoms. The van der Waals surface area contributed by atoms with E-state index < -0.39 is 18.0 Å². The molecule has 1 atom stereocenters. The lowest BCUT2D eigenvalue weighted by molar-refractivity contribution is -0.125. The number of nitriles is 1. The molecule has 1 saturated heterocycles. The number of ether oxygens (including phenoxy) is 1. The Morgan fingerprint density at radius 2 is 1.92 bits per heavy atom. The molecule has 2 aliphatic rings. The van der Waals surface area contributed by atoms with Crippen molar-refractivity contribution in [3.63, 3.8) is 0 Å². The summed E-state index contributed by atoms with van der Waals surface area (Å²) < 4.78 is 5.47. The molecule has 204 valence electrons. The van der Waals surface area contributed by atoms with Crippen molar-refractivity contribution in [2.45, 2.75) is 25.8 Å². The molecule has 2 aromatic rings. The van der Waals surface area contributed by atoms with E-state index in [4.69, 9.17) is 21.6 Å². The van der Waals surface area contributed by atoms with Crippen molar-refractivity contribution in [3.8, 4) is 6.07 Å². The third-order valence-corrected chi connectivity index (χ3v) is 6.88. The Labute approximate surface area is 231 Å². The highest BCUT2D eigenvalue weighted by Crippen LogP contribution is 2.29. The molecule has 1 heterocycles. The van der Waals surface area contributed by atoms with E-state index in [0.29, 0.717) is 42.5 Å². The van der Waals surface area contributed by atoms with E-state index in [1.807, 2.05) is 6.07 Å². The number of amides is 5. The van der Waals surface area contributed by atoms with Crippen LogP contribution in [0.4, 0.5) is 21.9 Å². The van der Waals surface area contributed by atoms with Gasteiger partial charge < -0.3 is 30.5 Å². The van der Waals surface area contributed by atoms with Crippen LogP contribution >= 0.6 is 11.6 Å². The van der Waals surface area contributed by atoms with E-state index >= 15 is 0 Å². The lowest BCUT2D eigenvalue weighted by Crippen LogP contribution is -2.55. The molecule has 1 aliphatic carbocycles. The highest BCUT2D eigenvalue weighted by atomic mass is 35.5. The molecule has 39 heavy (non-hydrogen) atoms. The number of hydrogen-bond donors (Lipinski definition) is 3. The van der Waals surface area contributed by atoms with E-state index in [2.05, 4.69) is 16.0 Å². The quantitative estimate of drug-likeness (QED) is 0.407. The molecule has 0 bridgehead atoms. The summed E-state index contributed by atoms with van der Waals surface area (Å²) in [6, 6.07) is 9.72. The smallest absolute Gasteiger partial charge is 0.322 e. The second-order valence-corrected chi connectivity index (χ2v) is 9.69. The van der Waals surface area contributed by atoms with Crippen molar-refractivity contribution in [3.05, 3.63) is 52.5 Å². The van der Waals surface area contributed by atoms with E-state index in [1.165, 1.54) is 28.0 Å². The van der Waals surface area contributed by atoms with Crippen LogP contribution in [0.5, 0.6) is 0 Å². The third kappa shape index (κ3) is 6.85. The second kappa shape index (κ2) is 12.6. The van der Waals surface area contributed by atoms with Gasteiger partial charge >= 0.3 is 6.03 Å². The summed E-state index contributed by atoms with van der Waals surface area (Å²) in [6.07, 6.45) is 2.80. The van der Waals surface area contributed by atoms with Crippen molar-refractivity contribution in [1.29, 1.82) is 5.26 Å². The van der Waals surface area contributed by atoms with Crippen LogP contribution in [0.25, 0.3) is 0 Å². The minimum atomic E-state index is -0.943. The first-order chi connectivity index (χ1) is 18.8. The number of urea groups is 1. The molecular formula is C27H29ClN6O5. The number of carbonyl (C=O) groups excluding carboxylic acids is 4. The number of nitrogens with one attached hydrogen (secondary N) is 3. The van der Waals surface area contributed by atoms with Gasteiger partial charge in [-0.25, -0.2) is 4.79 Å². The predicted molar refractivity (Wildman–Crippen MR) is 146 cm³/mol. The Morgan fingerprint density at radius 1 is 1.18 bits per heavy atom. The number of rotatable bonds is 9. The van der Waals surface area contributed by atoms with Gasteiger partial charge in [-0.15, -0.1) is 0 Å². The zero-order valence-electron chi connectivity index (χ0n) is 21.4. The maximum absolute atomic E-state index is 13.3. The van der Waals surface area contributed by atoms with Gasteiger partial charge in [0.2, 0.25) is 12.3 Å². The van der Waals surface area contributed by atoms with Crippen LogP contribution in [0.2, 0.25) is 5.02 Å². The number of morpholine rings is 1. The van der Waals surface area contributed by atoms with Crippen molar-refractivity contribution < 1.29 is 23.9 Å². The highest BCUT2D eigenvalue weighted by Gasteiger charge is 2.33. The molecule has 0 aromatic heterocycles. The molecule has 2 fully saturated rings. The molecule has 1 saturated carbocycles. The average molecular weight is 553 g/mol. The topological polar surface area (TPSA) is 144 Å². The van der Waals surface area contributed by atoms with Crippen LogP contribution in [0.15, 0.2) is 36.4 Å². The van der Waals surface area contributed by atoms with Crippen LogP contribution in [0.1, 0.15) is 35.7 Å². The maximum atomic E-state index is 13.3. The Kier molecular flexibility index (Phi) is 9.01. The maximum Gasteiger partial charge on any atom is 0.322 e. The summed E-state index contributed by atoms with van der Waals surface area (Å²) in [7, 11) is 0. The Bertz CT molecular complexity index is 1310. The Hall–Kier alpha value is -4.14. The third-order valence-electron chi connectivity index (χ3n) is 6.57. The number of carbonyl (C=O) groups is 4. The van der Waals surface area contributed by atoms with Gasteiger partial charge in [-0.3, -0.25) is 14.4 Å². The molecule has 0 radical (unpaired) electrons. The minimum Gasteiger partial charge on any atom is -0.377 e. The summed E-state index contributed by atoms with van der Waals surface area (Å²) in [5.41, 5.74) is 1.69. The molecule has 4 rings (SSSR count). The van der Waals surface area contributed by atoms with E-state index in [9.17, 15) is 19.2 Å². The van der Waals surface area contributed by atoms with Crippen LogP contribution in [0.3, 0.4) is 0 Å². The number of benzene rings is 2. The number of halogens is 1. The number of anilines is 3. The lowest BCUT2D eigenvalue weighted by Gasteiger charge is -2.34. The molecule has 3 N–H and O–H groups in total. The first-order valence-corrected chi connectivity index (χ1v) is 13.0. The lowest BCUT2D eigenvalue weighted by atomic mass is 10.1. The summed E-state index contributed by atoms with van der Waals surface area (Å²) in [5.74, 6) is -0.365. The first kappa shape index (κ1) is 27.9. The van der Waals surface area contributed by atoms with E-state index in [0.717, 1.165) is 12.8 Å². The van der Waals surface area contributed by atoms with Crippen LogP contribution in [-0.4, -0.2) is 68.0 Å². The normalized spacial score (nSPS) is 16.5. The van der Waals surface area contributed by atoms with Gasteiger partial charge in [-0.05, 0) is 62.1 Å². The van der Waals surface area contributed by atoms with Crippen LogP contribution in [-0.2, 0) is 14.3 Å². The number of nitrogens with zero attached hydrogens (tertiary/aromatic N) is 3. The molecule has 5 amide bonds. The molecular weight excluding hydrogens is 524 g/mol. The summed E-state index contributed by atoms with van der Waals surface area (Å²) >= 11 is 6.07. The molecule has 11 nitrogen and oxygen atoms in total. The second-order valence-electron chi connectivity index (χ2n) is 9.29. The standard InChI is InChI=1S/C27H29ClN6O5/c1-2-33(16-35)23-8-7-19(11-21(23)25(36)30-14-17-3-4-17)31-26(37)24-15-39-10-9-34(24)27(38)32-20-6-5-18(13-29)22(28)12-20/h5-8,11-12,16-17,24H,2-4,9-10,14-15H2,1H3,(H,30,36)(H,31,37)(H,32,38). The van der Waals surface area contributed by atoms with Gasteiger partial charge in [-0.1, -0.05) is 11.6 Å². The summed E-state index contributed by atoms with van der Waals surface area (Å²) in [4.78, 5) is 53.6. The average Bonchev–Trinajstić information content (AvgIpc) is 3.78. The van der Waals surface area contributed by atoms with Crippen molar-refractivity contribution in [2.75, 3.05) is 48.4 Å². The monoisotopic (exact) mass is 552 g/mol. The summed E-state index contributed by atoms with van der Waals surface area (Å²) in [5, 5.41) is 17.6. The minimum absolute atomic E-state index is 0.0189. The van der Waals surface area contributed by atoms with Crippen LogP contribution in [0, 0.1) is 17.2 Å². The Balaban J connectivity index is 1.50. The largest absolute Gasteiger partial charge is 0.377 e. The van der Waals surface area contributed by atoms with Crippen LogP contribution < -0.4 is 20.9 Å². The van der Waals surface area contributed by atoms with Gasteiger partial charge in [0.1, 0.15) is 12.1 Å². The molecule has 1 aliphatic heterocycles. The molecule has 1 unspecified atom stereocenters. The van der Waals surface area contributed by atoms with Gasteiger partial charge in [0.25, 0.3) is 5.91 Å². The first-order valence-electron chi connectivity index (χ1n) is 12.6. The van der Waals surface area contributed by atoms with Crippen molar-refractivity contribution in [1.82, 2.24) is 10.2 Å². The highest BCUT2D eigenvalue weighted by molar-refractivity contribution is 6.32. The van der Waals surface area contributed by atoms with Crippen molar-refractivity contribution in [2.24, 2.45) is 5.92 Å². The van der Waals surface area contributed by atoms with Gasteiger partial charge in [0.05, 0.1) is 35.1 Å². The molecule has 12 heteroatoms. The Morgan fingerprint density at radius 3 is 2.59 bits per heavy atom. The SMILES string of the molecule is CCN(C=O)c1ccc(NC(=O)C2COCCN2C(=O)Nc2ccc(C#N)c(Cl)c2)cc1C(=O)NCC1CC1. The van der Waals surface area contributed by atoms with Gasteiger partial charge in [0.15, 0.2) is 0 Å². The van der Waals surface area contributed by atoms with Gasteiger partial charge in [-0.2, -0.15) is 5.26 Å². The van der Waals surface area contributed by atoms with Gasteiger partial charge in [0, 0.05) is 31.0 Å². The van der Waals surface area contributed by atoms with Crippen molar-refractivity contribution >= 4 is 52.9 Å². The number of hydrogen-bond acceptors (Lipinski definition) is 6. The fourth-order valence-corrected chi connectivity index (χ4v) is 4.39. The van der Waals surface area contributed by atoms with E-state index in [1.54, 1.807) is 25.1 Å². The van der Waals surface area contributed by atoms with E-state index in [-0.39, 0.29) is 41.8 Å². The zero-order valence-corrected chi connectivity index (χ0v) is 22.2. The summed E-state index contributed by atoms with van der Waals surface area (Å²) in [6.45, 7) is 3.12. The molecule has 2 aromatic carbocycles. The fourth-order valence-electron chi connectivity index (χ4n) is 4.17. The predicted octanol–water partition coefficient (Wildman–Crippen LogP) is 3.21. The zero-order chi connectivity index (χ0) is 27.9. The fraction of sp³-hybridized carbons (Fsp3) is 0.370.